The molecule has 3 heterocycles. The van der Waals surface area contributed by atoms with Gasteiger partial charge in [-0.05, 0) is 56.5 Å². The predicted octanol–water partition coefficient (Wildman–Crippen LogP) is 4.41. The summed E-state index contributed by atoms with van der Waals surface area (Å²) in [7, 11) is 1.57. The number of amides is 1. The first-order valence-corrected chi connectivity index (χ1v) is 12.5. The second-order valence-electron chi connectivity index (χ2n) is 9.78. The van der Waals surface area contributed by atoms with Crippen molar-refractivity contribution >= 4 is 17.7 Å². The van der Waals surface area contributed by atoms with Crippen LogP contribution in [0.2, 0.25) is 0 Å². The van der Waals surface area contributed by atoms with Crippen LogP contribution in [0.1, 0.15) is 25.0 Å². The molecular weight excluding hydrogens is 483 g/mol. The van der Waals surface area contributed by atoms with Crippen LogP contribution in [-0.4, -0.2) is 84.2 Å². The van der Waals surface area contributed by atoms with E-state index in [1.54, 1.807) is 13.3 Å². The molecule has 1 aliphatic rings. The van der Waals surface area contributed by atoms with Gasteiger partial charge < -0.3 is 14.5 Å². The van der Waals surface area contributed by atoms with Crippen LogP contribution in [0.4, 0.5) is 18.9 Å². The highest BCUT2D eigenvalue weighted by molar-refractivity contribution is 5.69. The maximum atomic E-state index is 12.8. The number of imidazole rings is 1. The van der Waals surface area contributed by atoms with Gasteiger partial charge in [-0.2, -0.15) is 13.2 Å². The Morgan fingerprint density at radius 3 is 2.51 bits per heavy atom. The molecule has 1 saturated heterocycles. The number of carbonyl (C=O) groups excluding carboxylic acids is 1. The van der Waals surface area contributed by atoms with Gasteiger partial charge in [-0.3, -0.25) is 14.1 Å². The summed E-state index contributed by atoms with van der Waals surface area (Å²) < 4.78 is 45.9. The predicted molar refractivity (Wildman–Crippen MR) is 138 cm³/mol. The summed E-state index contributed by atoms with van der Waals surface area (Å²) >= 11 is 0. The van der Waals surface area contributed by atoms with Crippen molar-refractivity contribution in [3.63, 3.8) is 0 Å². The van der Waals surface area contributed by atoms with Gasteiger partial charge >= 0.3 is 6.18 Å². The average molecular weight is 518 g/mol. The molecule has 0 radical (unpaired) electrons. The lowest BCUT2D eigenvalue weighted by Crippen LogP contribution is -2.48. The molecular formula is C27H34F3N5O2. The topological polar surface area (TPSA) is 53.3 Å². The largest absolute Gasteiger partial charge is 0.496 e. The molecule has 0 bridgehead atoms. The van der Waals surface area contributed by atoms with Crippen LogP contribution in [0, 0.1) is 6.92 Å². The number of hydrogen-bond donors (Lipinski definition) is 0. The molecule has 1 aromatic carbocycles. The Bertz CT molecular complexity index is 1230. The lowest BCUT2D eigenvalue weighted by Gasteiger charge is -2.38. The second kappa shape index (κ2) is 11.0. The molecule has 7 nitrogen and oxygen atoms in total. The van der Waals surface area contributed by atoms with Crippen LogP contribution in [0.15, 0.2) is 36.7 Å². The summed E-state index contributed by atoms with van der Waals surface area (Å²) in [6, 6.07) is 8.57. The third-order valence-corrected chi connectivity index (χ3v) is 7.09. The Morgan fingerprint density at radius 1 is 1.16 bits per heavy atom. The van der Waals surface area contributed by atoms with Gasteiger partial charge in [0.15, 0.2) is 0 Å². The van der Waals surface area contributed by atoms with E-state index >= 15 is 0 Å². The molecule has 37 heavy (non-hydrogen) atoms. The third kappa shape index (κ3) is 6.18. The van der Waals surface area contributed by atoms with Crippen molar-refractivity contribution in [1.82, 2.24) is 19.2 Å². The number of carbonyl (C=O) groups is 1. The number of anilines is 1. The van der Waals surface area contributed by atoms with Gasteiger partial charge in [0.2, 0.25) is 6.41 Å². The van der Waals surface area contributed by atoms with E-state index in [1.807, 2.05) is 29.7 Å². The number of piperazine rings is 1. The van der Waals surface area contributed by atoms with E-state index in [9.17, 15) is 18.0 Å². The van der Waals surface area contributed by atoms with Crippen molar-refractivity contribution in [2.24, 2.45) is 0 Å². The molecule has 0 saturated carbocycles. The number of methoxy groups -OCH3 is 1. The molecule has 4 rings (SSSR count). The zero-order valence-corrected chi connectivity index (χ0v) is 21.8. The van der Waals surface area contributed by atoms with E-state index in [0.717, 1.165) is 64.8 Å². The smallest absolute Gasteiger partial charge is 0.406 e. The third-order valence-electron chi connectivity index (χ3n) is 7.09. The van der Waals surface area contributed by atoms with Crippen LogP contribution >= 0.6 is 0 Å². The Hall–Kier alpha value is -3.27. The Labute approximate surface area is 215 Å². The number of fused-ring (bicyclic) bond motifs is 1. The molecule has 0 spiro atoms. The Balaban J connectivity index is 1.58. The van der Waals surface area contributed by atoms with Crippen molar-refractivity contribution < 1.29 is 22.7 Å². The summed E-state index contributed by atoms with van der Waals surface area (Å²) in [6.45, 7) is 8.98. The first-order valence-electron chi connectivity index (χ1n) is 12.5. The first kappa shape index (κ1) is 26.8. The SMILES string of the molecule is COc1cc(-c2cnc3cc(N4CCN(C(C)C)CC4)ccn23)cc(CCN(C=O)CC(F)(F)F)c1C. The molecule has 10 heteroatoms. The zero-order valence-electron chi connectivity index (χ0n) is 21.8. The number of rotatable bonds is 9. The van der Waals surface area contributed by atoms with Crippen molar-refractivity contribution in [3.8, 4) is 17.0 Å². The normalized spacial score (nSPS) is 15.0. The molecule has 0 unspecified atom stereocenters. The van der Waals surface area contributed by atoms with Gasteiger partial charge in [0.05, 0.1) is 19.0 Å². The number of pyridine rings is 1. The van der Waals surface area contributed by atoms with Gasteiger partial charge in [0, 0.05) is 62.3 Å². The van der Waals surface area contributed by atoms with E-state index in [2.05, 4.69) is 40.8 Å². The number of alkyl halides is 3. The quantitative estimate of drug-likeness (QED) is 0.394. The highest BCUT2D eigenvalue weighted by Gasteiger charge is 2.30. The van der Waals surface area contributed by atoms with Crippen molar-refractivity contribution in [3.05, 3.63) is 47.8 Å². The van der Waals surface area contributed by atoms with Gasteiger partial charge in [-0.25, -0.2) is 4.98 Å². The first-order chi connectivity index (χ1) is 17.6. The minimum absolute atomic E-state index is 0.0446. The molecule has 1 aliphatic heterocycles. The minimum Gasteiger partial charge on any atom is -0.496 e. The monoisotopic (exact) mass is 517 g/mol. The number of nitrogens with zero attached hydrogens (tertiary/aromatic N) is 5. The average Bonchev–Trinajstić information content (AvgIpc) is 3.30. The molecule has 0 N–H and O–H groups in total. The van der Waals surface area contributed by atoms with E-state index in [-0.39, 0.29) is 19.4 Å². The maximum absolute atomic E-state index is 12.8. The van der Waals surface area contributed by atoms with Crippen LogP contribution in [0.3, 0.4) is 0 Å². The fourth-order valence-corrected chi connectivity index (χ4v) is 4.90. The summed E-state index contributed by atoms with van der Waals surface area (Å²) in [5, 5.41) is 0. The van der Waals surface area contributed by atoms with E-state index < -0.39 is 12.7 Å². The number of halogens is 3. The molecule has 2 aromatic heterocycles. The lowest BCUT2D eigenvalue weighted by molar-refractivity contribution is -0.153. The van der Waals surface area contributed by atoms with Gasteiger partial charge in [-0.15, -0.1) is 0 Å². The van der Waals surface area contributed by atoms with Crippen LogP contribution in [-0.2, 0) is 11.2 Å². The molecule has 200 valence electrons. The van der Waals surface area contributed by atoms with Gasteiger partial charge in [0.1, 0.15) is 17.9 Å². The Kier molecular flexibility index (Phi) is 7.96. The van der Waals surface area contributed by atoms with E-state index in [0.29, 0.717) is 11.8 Å². The number of hydrogen-bond acceptors (Lipinski definition) is 5. The van der Waals surface area contributed by atoms with E-state index in [4.69, 9.17) is 4.74 Å². The minimum atomic E-state index is -4.44. The van der Waals surface area contributed by atoms with Crippen LogP contribution in [0.5, 0.6) is 5.75 Å². The van der Waals surface area contributed by atoms with Crippen LogP contribution in [0.25, 0.3) is 16.9 Å². The standard InChI is InChI=1S/C27H34F3N5O2/c1-19(2)33-9-11-34(12-10-33)23-6-8-35-24(16-31-26(35)15-23)22-13-21(20(3)25(14-22)37-4)5-7-32(18-36)17-27(28,29)30/h6,8,13-16,18-19H,5,7,9-12,17H2,1-4H3. The molecule has 0 atom stereocenters. The molecule has 3 aromatic rings. The van der Waals surface area contributed by atoms with Gasteiger partial charge in [-0.1, -0.05) is 0 Å². The second-order valence-corrected chi connectivity index (χ2v) is 9.78. The zero-order chi connectivity index (χ0) is 26.7. The summed E-state index contributed by atoms with van der Waals surface area (Å²) in [5.41, 5.74) is 5.30. The van der Waals surface area contributed by atoms with E-state index in [1.165, 1.54) is 0 Å². The molecule has 1 fully saturated rings. The summed E-state index contributed by atoms with van der Waals surface area (Å²) in [5.74, 6) is 0.635. The number of ether oxygens (including phenoxy) is 1. The maximum Gasteiger partial charge on any atom is 0.406 e. The Morgan fingerprint density at radius 2 is 1.89 bits per heavy atom. The highest BCUT2D eigenvalue weighted by Crippen LogP contribution is 2.32. The summed E-state index contributed by atoms with van der Waals surface area (Å²) in [6.07, 6.45) is -0.119. The van der Waals surface area contributed by atoms with Crippen molar-refractivity contribution in [1.29, 1.82) is 0 Å². The van der Waals surface area contributed by atoms with Crippen molar-refractivity contribution in [2.75, 3.05) is 51.3 Å². The molecule has 0 aliphatic carbocycles. The highest BCUT2D eigenvalue weighted by atomic mass is 19.4. The number of benzene rings is 1. The van der Waals surface area contributed by atoms with Gasteiger partial charge in [0.25, 0.3) is 0 Å². The number of aromatic nitrogens is 2. The fraction of sp³-hybridized carbons (Fsp3) is 0.481. The molecule has 1 amide bonds. The van der Waals surface area contributed by atoms with Crippen LogP contribution < -0.4 is 9.64 Å². The fourth-order valence-electron chi connectivity index (χ4n) is 4.90. The lowest BCUT2D eigenvalue weighted by atomic mass is 9.99. The summed E-state index contributed by atoms with van der Waals surface area (Å²) in [4.78, 5) is 21.4. The van der Waals surface area contributed by atoms with Crippen molar-refractivity contribution in [2.45, 2.75) is 39.4 Å².